The van der Waals surface area contributed by atoms with Gasteiger partial charge in [0, 0.05) is 25.1 Å². The molecule has 3 aromatic rings. The number of carboxylic acid groups (broad SMARTS) is 1. The Morgan fingerprint density at radius 2 is 1.70 bits per heavy atom. The Kier molecular flexibility index (Phi) is 7.92. The fourth-order valence-corrected chi connectivity index (χ4v) is 4.61. The molecule has 0 spiro atoms. The Labute approximate surface area is 217 Å². The average molecular weight is 501 g/mol. The van der Waals surface area contributed by atoms with Crippen LogP contribution in [0.15, 0.2) is 72.8 Å². The number of aliphatic carboxylic acids is 1. The lowest BCUT2D eigenvalue weighted by Gasteiger charge is -2.38. The number of ether oxygens (including phenoxy) is 1. The van der Waals surface area contributed by atoms with Crippen LogP contribution in [0.5, 0.6) is 5.75 Å². The molecule has 7 heteroatoms. The van der Waals surface area contributed by atoms with Crippen molar-refractivity contribution < 1.29 is 24.2 Å². The Morgan fingerprint density at radius 3 is 2.38 bits per heavy atom. The highest BCUT2D eigenvalue weighted by atomic mass is 16.5. The van der Waals surface area contributed by atoms with Crippen molar-refractivity contribution in [3.63, 3.8) is 0 Å². The number of aryl methyl sites for hydroxylation is 1. The zero-order valence-corrected chi connectivity index (χ0v) is 21.4. The third-order valence-corrected chi connectivity index (χ3v) is 6.37. The second kappa shape index (κ2) is 11.3. The normalized spacial score (nSPS) is 14.7. The third-order valence-electron chi connectivity index (χ3n) is 6.37. The highest BCUT2D eigenvalue weighted by molar-refractivity contribution is 5.98. The van der Waals surface area contributed by atoms with Gasteiger partial charge in [0.25, 0.3) is 5.91 Å². The fraction of sp³-hybridized carbons (Fsp3) is 0.300. The number of benzene rings is 3. The molecule has 0 fully saturated rings. The van der Waals surface area contributed by atoms with Crippen LogP contribution in [-0.4, -0.2) is 51.4 Å². The van der Waals surface area contributed by atoms with Gasteiger partial charge in [-0.05, 0) is 61.7 Å². The molecule has 192 valence electrons. The van der Waals surface area contributed by atoms with E-state index in [1.807, 2.05) is 81.4 Å². The first kappa shape index (κ1) is 25.9. The minimum Gasteiger partial charge on any atom is -0.491 e. The zero-order chi connectivity index (χ0) is 26.5. The zero-order valence-electron chi connectivity index (χ0n) is 21.4. The predicted octanol–water partition coefficient (Wildman–Crippen LogP) is 4.46. The molecule has 4 rings (SSSR count). The van der Waals surface area contributed by atoms with Gasteiger partial charge in [-0.1, -0.05) is 54.1 Å². The summed E-state index contributed by atoms with van der Waals surface area (Å²) in [6.07, 6.45) is 0.301. The van der Waals surface area contributed by atoms with Gasteiger partial charge in [-0.2, -0.15) is 0 Å². The molecule has 0 radical (unpaired) electrons. The van der Waals surface area contributed by atoms with Crippen LogP contribution in [0.2, 0.25) is 0 Å². The number of amides is 2. The van der Waals surface area contributed by atoms with E-state index in [1.165, 1.54) is 4.90 Å². The van der Waals surface area contributed by atoms with E-state index in [9.17, 15) is 19.5 Å². The van der Waals surface area contributed by atoms with Crippen LogP contribution in [0.3, 0.4) is 0 Å². The monoisotopic (exact) mass is 500 g/mol. The van der Waals surface area contributed by atoms with Gasteiger partial charge in [-0.15, -0.1) is 0 Å². The summed E-state index contributed by atoms with van der Waals surface area (Å²) >= 11 is 0. The first-order chi connectivity index (χ1) is 17.7. The van der Waals surface area contributed by atoms with Crippen LogP contribution in [0, 0.1) is 6.92 Å². The molecule has 0 bridgehead atoms. The van der Waals surface area contributed by atoms with Crippen LogP contribution in [-0.2, 0) is 29.1 Å². The van der Waals surface area contributed by atoms with Crippen molar-refractivity contribution >= 4 is 17.8 Å². The van der Waals surface area contributed by atoms with Crippen LogP contribution in [0.4, 0.5) is 0 Å². The minimum atomic E-state index is -1.12. The van der Waals surface area contributed by atoms with Gasteiger partial charge in [0.1, 0.15) is 18.3 Å². The SMILES string of the molecule is Cc1ccc(C(=O)N2Cc3ccccc3C[C@@H]2C(=O)N(CC(=O)O)Cc2cccc(OC(C)C)c2)cc1. The van der Waals surface area contributed by atoms with Crippen molar-refractivity contribution in [3.8, 4) is 5.75 Å². The number of carbonyl (C=O) groups excluding carboxylic acids is 2. The molecule has 1 heterocycles. The number of carbonyl (C=O) groups is 3. The molecule has 1 atom stereocenters. The second-order valence-electron chi connectivity index (χ2n) is 9.69. The lowest BCUT2D eigenvalue weighted by atomic mass is 9.92. The van der Waals surface area contributed by atoms with E-state index >= 15 is 0 Å². The van der Waals surface area contributed by atoms with E-state index < -0.39 is 24.5 Å². The van der Waals surface area contributed by atoms with Gasteiger partial charge < -0.3 is 19.6 Å². The van der Waals surface area contributed by atoms with Crippen LogP contribution >= 0.6 is 0 Å². The van der Waals surface area contributed by atoms with Gasteiger partial charge in [0.15, 0.2) is 0 Å². The number of hydrogen-bond acceptors (Lipinski definition) is 4. The van der Waals surface area contributed by atoms with Crippen molar-refractivity contribution in [1.29, 1.82) is 0 Å². The molecule has 37 heavy (non-hydrogen) atoms. The Morgan fingerprint density at radius 1 is 1.00 bits per heavy atom. The summed E-state index contributed by atoms with van der Waals surface area (Å²) in [7, 11) is 0. The average Bonchev–Trinajstić information content (AvgIpc) is 2.86. The van der Waals surface area contributed by atoms with Gasteiger partial charge in [0.2, 0.25) is 5.91 Å². The summed E-state index contributed by atoms with van der Waals surface area (Å²) in [5, 5.41) is 9.62. The highest BCUT2D eigenvalue weighted by Gasteiger charge is 2.37. The van der Waals surface area contributed by atoms with E-state index in [2.05, 4.69) is 0 Å². The Hall–Kier alpha value is -4.13. The molecule has 1 aliphatic rings. The number of rotatable bonds is 8. The Bertz CT molecular complexity index is 1290. The molecule has 2 amide bonds. The molecular weight excluding hydrogens is 468 g/mol. The smallest absolute Gasteiger partial charge is 0.323 e. The molecule has 0 aromatic heterocycles. The quantitative estimate of drug-likeness (QED) is 0.493. The molecule has 3 aromatic carbocycles. The third kappa shape index (κ3) is 6.36. The lowest BCUT2D eigenvalue weighted by molar-refractivity contribution is -0.147. The van der Waals surface area contributed by atoms with Crippen LogP contribution in [0.1, 0.15) is 46.5 Å². The van der Waals surface area contributed by atoms with E-state index in [1.54, 1.807) is 17.0 Å². The van der Waals surface area contributed by atoms with Gasteiger partial charge >= 0.3 is 5.97 Å². The van der Waals surface area contributed by atoms with E-state index in [4.69, 9.17) is 4.74 Å². The van der Waals surface area contributed by atoms with Crippen molar-refractivity contribution in [1.82, 2.24) is 9.80 Å². The summed E-state index contributed by atoms with van der Waals surface area (Å²) in [6, 6.07) is 21.5. The van der Waals surface area contributed by atoms with Gasteiger partial charge in [-0.3, -0.25) is 14.4 Å². The molecule has 1 N–H and O–H groups in total. The number of nitrogens with zero attached hydrogens (tertiary/aromatic N) is 2. The molecule has 1 aliphatic heterocycles. The molecule has 0 unspecified atom stereocenters. The van der Waals surface area contributed by atoms with Crippen LogP contribution < -0.4 is 4.74 Å². The van der Waals surface area contributed by atoms with Gasteiger partial charge in [0.05, 0.1) is 6.10 Å². The molecule has 0 saturated carbocycles. The topological polar surface area (TPSA) is 87.2 Å². The maximum absolute atomic E-state index is 13.9. The maximum Gasteiger partial charge on any atom is 0.323 e. The van der Waals surface area contributed by atoms with Crippen molar-refractivity contribution in [2.45, 2.75) is 52.4 Å². The largest absolute Gasteiger partial charge is 0.491 e. The summed E-state index contributed by atoms with van der Waals surface area (Å²) in [6.45, 7) is 5.69. The second-order valence-corrected chi connectivity index (χ2v) is 9.69. The van der Waals surface area contributed by atoms with E-state index in [0.29, 0.717) is 17.7 Å². The molecule has 0 saturated heterocycles. The van der Waals surface area contributed by atoms with E-state index in [-0.39, 0.29) is 25.1 Å². The number of hydrogen-bond donors (Lipinski definition) is 1. The number of carboxylic acids is 1. The fourth-order valence-electron chi connectivity index (χ4n) is 4.61. The maximum atomic E-state index is 13.9. The highest BCUT2D eigenvalue weighted by Crippen LogP contribution is 2.27. The van der Waals surface area contributed by atoms with Crippen molar-refractivity contribution in [2.24, 2.45) is 0 Å². The van der Waals surface area contributed by atoms with Crippen LogP contribution in [0.25, 0.3) is 0 Å². The molecule has 0 aliphatic carbocycles. The van der Waals surface area contributed by atoms with Gasteiger partial charge in [-0.25, -0.2) is 0 Å². The number of fused-ring (bicyclic) bond motifs is 1. The van der Waals surface area contributed by atoms with Crippen molar-refractivity contribution in [3.05, 3.63) is 101 Å². The first-order valence-electron chi connectivity index (χ1n) is 12.4. The van der Waals surface area contributed by atoms with E-state index in [0.717, 1.165) is 22.3 Å². The summed E-state index contributed by atoms with van der Waals surface area (Å²) in [5.41, 5.74) is 4.24. The summed E-state index contributed by atoms with van der Waals surface area (Å²) in [5.74, 6) is -1.11. The molecular formula is C30H32N2O5. The summed E-state index contributed by atoms with van der Waals surface area (Å²) < 4.78 is 5.77. The Balaban J connectivity index is 1.66. The lowest BCUT2D eigenvalue weighted by Crippen LogP contribution is -2.54. The minimum absolute atomic E-state index is 0.0179. The van der Waals surface area contributed by atoms with Crippen molar-refractivity contribution in [2.75, 3.05) is 6.54 Å². The summed E-state index contributed by atoms with van der Waals surface area (Å²) in [4.78, 5) is 42.2. The first-order valence-corrected chi connectivity index (χ1v) is 12.4. The molecule has 7 nitrogen and oxygen atoms in total. The standard InChI is InChI=1S/C30H32N2O5/c1-20(2)37-26-10-6-7-22(15-26)17-31(19-28(33)34)30(36)27-16-24-8-4-5-9-25(24)18-32(27)29(35)23-13-11-21(3)12-14-23/h4-15,20,27H,16-19H2,1-3H3,(H,33,34)/t27-/m1/s1. The predicted molar refractivity (Wildman–Crippen MR) is 140 cm³/mol.